The van der Waals surface area contributed by atoms with E-state index in [-0.39, 0.29) is 24.0 Å². The first kappa shape index (κ1) is 19.3. The Morgan fingerprint density at radius 1 is 1.18 bits per heavy atom. The molecule has 0 aromatic rings. The van der Waals surface area contributed by atoms with Gasteiger partial charge >= 0.3 is 0 Å². The van der Waals surface area contributed by atoms with Crippen molar-refractivity contribution < 1.29 is 9.47 Å². The largest absolute Gasteiger partial charge is 0.385 e. The van der Waals surface area contributed by atoms with Crippen LogP contribution in [-0.4, -0.2) is 52.5 Å². The number of nitrogens with one attached hydrogen (secondary N) is 2. The van der Waals surface area contributed by atoms with Crippen LogP contribution < -0.4 is 10.6 Å². The summed E-state index contributed by atoms with van der Waals surface area (Å²) in [5.41, 5.74) is 0. The standard InChI is InChI=1S/C11H25N3O2.HI/c1-4-12-11(13-7-6-9-15-3)14-8-10-16-5-2;/h4-10H2,1-3H3,(H2,12,13,14);1H. The fourth-order valence-corrected chi connectivity index (χ4v) is 1.13. The number of guanidine groups is 1. The highest BCUT2D eigenvalue weighted by molar-refractivity contribution is 14.0. The number of hydrogen-bond acceptors (Lipinski definition) is 3. The number of ether oxygens (including phenoxy) is 2. The van der Waals surface area contributed by atoms with Crippen LogP contribution in [0.5, 0.6) is 0 Å². The lowest BCUT2D eigenvalue weighted by Crippen LogP contribution is -2.39. The Morgan fingerprint density at radius 2 is 1.94 bits per heavy atom. The van der Waals surface area contributed by atoms with E-state index in [2.05, 4.69) is 22.5 Å². The van der Waals surface area contributed by atoms with Crippen molar-refractivity contribution in [1.82, 2.24) is 10.6 Å². The van der Waals surface area contributed by atoms with Gasteiger partial charge in [0.25, 0.3) is 0 Å². The Hall–Kier alpha value is -0.0800. The van der Waals surface area contributed by atoms with Crippen molar-refractivity contribution >= 4 is 29.9 Å². The first-order chi connectivity index (χ1) is 7.85. The van der Waals surface area contributed by atoms with E-state index in [4.69, 9.17) is 9.47 Å². The smallest absolute Gasteiger partial charge is 0.191 e. The molecule has 0 bridgehead atoms. The molecule has 0 rings (SSSR count). The summed E-state index contributed by atoms with van der Waals surface area (Å²) < 4.78 is 10.2. The van der Waals surface area contributed by atoms with Crippen molar-refractivity contribution in [3.63, 3.8) is 0 Å². The van der Waals surface area contributed by atoms with E-state index in [0.29, 0.717) is 6.61 Å². The fraction of sp³-hybridized carbons (Fsp3) is 0.909. The molecule has 0 saturated heterocycles. The molecule has 0 heterocycles. The summed E-state index contributed by atoms with van der Waals surface area (Å²) in [6, 6.07) is 0. The lowest BCUT2D eigenvalue weighted by molar-refractivity contribution is 0.152. The molecule has 0 aliphatic carbocycles. The van der Waals surface area contributed by atoms with E-state index in [9.17, 15) is 0 Å². The minimum atomic E-state index is 0. The summed E-state index contributed by atoms with van der Waals surface area (Å²) in [6.07, 6.45) is 0.943. The van der Waals surface area contributed by atoms with Crippen molar-refractivity contribution in [1.29, 1.82) is 0 Å². The summed E-state index contributed by atoms with van der Waals surface area (Å²) in [7, 11) is 1.70. The van der Waals surface area contributed by atoms with Crippen LogP contribution in [0.3, 0.4) is 0 Å². The summed E-state index contributed by atoms with van der Waals surface area (Å²) >= 11 is 0. The van der Waals surface area contributed by atoms with Crippen LogP contribution in [0.4, 0.5) is 0 Å². The Morgan fingerprint density at radius 3 is 2.53 bits per heavy atom. The van der Waals surface area contributed by atoms with E-state index in [0.717, 1.165) is 45.2 Å². The van der Waals surface area contributed by atoms with Gasteiger partial charge < -0.3 is 20.1 Å². The van der Waals surface area contributed by atoms with Gasteiger partial charge in [-0.15, -0.1) is 24.0 Å². The number of methoxy groups -OCH3 is 1. The molecule has 0 radical (unpaired) electrons. The highest BCUT2D eigenvalue weighted by atomic mass is 127. The first-order valence-electron chi connectivity index (χ1n) is 5.94. The van der Waals surface area contributed by atoms with Crippen LogP contribution in [-0.2, 0) is 9.47 Å². The Bertz CT molecular complexity index is 180. The SMILES string of the molecule is CCNC(=NCCCOC)NCCOCC.I. The topological polar surface area (TPSA) is 54.9 Å². The van der Waals surface area contributed by atoms with Crippen molar-refractivity contribution in [2.75, 3.05) is 46.6 Å². The maximum Gasteiger partial charge on any atom is 0.191 e. The third kappa shape index (κ3) is 13.9. The third-order valence-electron chi connectivity index (χ3n) is 1.86. The number of hydrogen-bond donors (Lipinski definition) is 2. The zero-order chi connectivity index (χ0) is 12.1. The summed E-state index contributed by atoms with van der Waals surface area (Å²) in [4.78, 5) is 4.41. The molecule has 0 spiro atoms. The molecular weight excluding hydrogens is 333 g/mol. The molecule has 0 saturated carbocycles. The second kappa shape index (κ2) is 15.9. The molecule has 2 N–H and O–H groups in total. The van der Waals surface area contributed by atoms with Gasteiger partial charge in [-0.2, -0.15) is 0 Å². The molecule has 104 valence electrons. The van der Waals surface area contributed by atoms with Gasteiger partial charge in [-0.1, -0.05) is 0 Å². The Kier molecular flexibility index (Phi) is 18.0. The van der Waals surface area contributed by atoms with E-state index < -0.39 is 0 Å². The van der Waals surface area contributed by atoms with Gasteiger partial charge in [0.1, 0.15) is 0 Å². The van der Waals surface area contributed by atoms with Gasteiger partial charge in [-0.05, 0) is 20.3 Å². The van der Waals surface area contributed by atoms with Gasteiger partial charge in [0.05, 0.1) is 6.61 Å². The second-order valence-electron chi connectivity index (χ2n) is 3.23. The number of aliphatic imine (C=N–C) groups is 1. The van der Waals surface area contributed by atoms with E-state index >= 15 is 0 Å². The highest BCUT2D eigenvalue weighted by Gasteiger charge is 1.95. The Labute approximate surface area is 122 Å². The predicted molar refractivity (Wildman–Crippen MR) is 82.4 cm³/mol. The number of halogens is 1. The van der Waals surface area contributed by atoms with Crippen molar-refractivity contribution in [2.24, 2.45) is 4.99 Å². The monoisotopic (exact) mass is 359 g/mol. The molecule has 0 unspecified atom stereocenters. The first-order valence-corrected chi connectivity index (χ1v) is 5.94. The van der Waals surface area contributed by atoms with Gasteiger partial charge in [0.2, 0.25) is 0 Å². The van der Waals surface area contributed by atoms with Gasteiger partial charge in [-0.3, -0.25) is 4.99 Å². The molecule has 0 amide bonds. The second-order valence-corrected chi connectivity index (χ2v) is 3.23. The summed E-state index contributed by atoms with van der Waals surface area (Å²) in [5.74, 6) is 0.846. The van der Waals surface area contributed by atoms with Crippen molar-refractivity contribution in [2.45, 2.75) is 20.3 Å². The zero-order valence-corrected chi connectivity index (χ0v) is 13.5. The van der Waals surface area contributed by atoms with Gasteiger partial charge in [0, 0.05) is 40.0 Å². The van der Waals surface area contributed by atoms with Crippen LogP contribution in [0.2, 0.25) is 0 Å². The molecule has 0 aliphatic heterocycles. The quantitative estimate of drug-likeness (QED) is 0.282. The normalized spacial score (nSPS) is 10.9. The van der Waals surface area contributed by atoms with Crippen LogP contribution in [0, 0.1) is 0 Å². The summed E-state index contributed by atoms with van der Waals surface area (Å²) in [6.45, 7) is 8.68. The molecule has 0 aromatic carbocycles. The van der Waals surface area contributed by atoms with Gasteiger partial charge in [0.15, 0.2) is 5.96 Å². The Balaban J connectivity index is 0. The van der Waals surface area contributed by atoms with Crippen molar-refractivity contribution in [3.8, 4) is 0 Å². The van der Waals surface area contributed by atoms with Crippen LogP contribution >= 0.6 is 24.0 Å². The highest BCUT2D eigenvalue weighted by Crippen LogP contribution is 1.82. The molecule has 6 heteroatoms. The van der Waals surface area contributed by atoms with Crippen LogP contribution in [0.15, 0.2) is 4.99 Å². The molecule has 0 aromatic heterocycles. The minimum Gasteiger partial charge on any atom is -0.385 e. The number of nitrogens with zero attached hydrogens (tertiary/aromatic N) is 1. The number of rotatable bonds is 9. The molecular formula is C11H26IN3O2. The van der Waals surface area contributed by atoms with Crippen LogP contribution in [0.1, 0.15) is 20.3 Å². The van der Waals surface area contributed by atoms with E-state index in [1.165, 1.54) is 0 Å². The average molecular weight is 359 g/mol. The molecule has 17 heavy (non-hydrogen) atoms. The zero-order valence-electron chi connectivity index (χ0n) is 11.1. The molecule has 5 nitrogen and oxygen atoms in total. The predicted octanol–water partition coefficient (Wildman–Crippen LogP) is 1.23. The molecule has 0 fully saturated rings. The fourth-order valence-electron chi connectivity index (χ4n) is 1.13. The summed E-state index contributed by atoms with van der Waals surface area (Å²) in [5, 5.41) is 6.38. The lowest BCUT2D eigenvalue weighted by atomic mass is 10.5. The molecule has 0 atom stereocenters. The van der Waals surface area contributed by atoms with Crippen LogP contribution in [0.25, 0.3) is 0 Å². The van der Waals surface area contributed by atoms with Crippen molar-refractivity contribution in [3.05, 3.63) is 0 Å². The van der Waals surface area contributed by atoms with Gasteiger partial charge in [-0.25, -0.2) is 0 Å². The van der Waals surface area contributed by atoms with E-state index in [1.54, 1.807) is 7.11 Å². The average Bonchev–Trinajstić information content (AvgIpc) is 2.30. The van der Waals surface area contributed by atoms with E-state index in [1.807, 2.05) is 6.92 Å². The lowest BCUT2D eigenvalue weighted by Gasteiger charge is -2.10. The minimum absolute atomic E-state index is 0. The maximum absolute atomic E-state index is 5.24. The maximum atomic E-state index is 5.24. The third-order valence-corrected chi connectivity index (χ3v) is 1.86. The molecule has 0 aliphatic rings.